The van der Waals surface area contributed by atoms with Crippen LogP contribution in [0.1, 0.15) is 51.0 Å². The van der Waals surface area contributed by atoms with Gasteiger partial charge in [-0.15, -0.1) is 6.42 Å². The topological polar surface area (TPSA) is 35.5 Å². The molecule has 5 heteroatoms. The van der Waals surface area contributed by atoms with Crippen molar-refractivity contribution in [3.63, 3.8) is 0 Å². The van der Waals surface area contributed by atoms with Crippen LogP contribution < -0.4 is 0 Å². The van der Waals surface area contributed by atoms with E-state index >= 15 is 0 Å². The largest absolute Gasteiger partial charge is 0.486 e. The summed E-state index contributed by atoms with van der Waals surface area (Å²) >= 11 is 0. The Balaban J connectivity index is -0.0000000183. The maximum absolute atomic E-state index is 10.8. The van der Waals surface area contributed by atoms with Gasteiger partial charge in [-0.2, -0.15) is 6.61 Å². The number of hydrogen-bond acceptors (Lipinski definition) is 3. The molecule has 1 radical (unpaired) electrons. The molecule has 0 aromatic carbocycles. The molecule has 1 heterocycles. The Hall–Kier alpha value is 0.734. The van der Waals surface area contributed by atoms with Gasteiger partial charge < -0.3 is 9.05 Å². The van der Waals surface area contributed by atoms with Crippen molar-refractivity contribution in [2.24, 2.45) is 0 Å². The molecule has 1 fully saturated rings. The summed E-state index contributed by atoms with van der Waals surface area (Å²) in [4.78, 5) is 0. The van der Waals surface area contributed by atoms with Crippen LogP contribution in [0.25, 0.3) is 0 Å². The van der Waals surface area contributed by atoms with Gasteiger partial charge >= 0.3 is 0 Å². The van der Waals surface area contributed by atoms with Gasteiger partial charge in [0.2, 0.25) is 0 Å². The molecule has 0 spiro atoms. The van der Waals surface area contributed by atoms with E-state index < -0.39 is 7.60 Å². The minimum absolute atomic E-state index is 0. The van der Waals surface area contributed by atoms with Crippen LogP contribution in [-0.2, 0) is 32.2 Å². The quantitative estimate of drug-likeness (QED) is 0.451. The fourth-order valence-electron chi connectivity index (χ4n) is 0.485. The summed E-state index contributed by atoms with van der Waals surface area (Å²) in [6, 6.07) is 0. The summed E-state index contributed by atoms with van der Waals surface area (Å²) in [7, 11) is -2.64. The zero-order chi connectivity index (χ0) is 6.04. The second kappa shape index (κ2) is 20.2. The van der Waals surface area contributed by atoms with E-state index in [2.05, 4.69) is 4.52 Å². The molecule has 0 bridgehead atoms. The van der Waals surface area contributed by atoms with Crippen LogP contribution in [0, 0.1) is 6.61 Å². The van der Waals surface area contributed by atoms with Crippen molar-refractivity contribution in [1.29, 1.82) is 0 Å². The Kier molecular flexibility index (Phi) is 60.3. The molecule has 0 aliphatic carbocycles. The maximum atomic E-state index is 10.8. The summed E-state index contributed by atoms with van der Waals surface area (Å²) in [6.07, 6.45) is 0.734. The smallest absolute Gasteiger partial charge is 0.297 e. The average molecular weight is 282 g/mol. The average Bonchev–Trinajstić information content (AvgIpc) is 1.65. The summed E-state index contributed by atoms with van der Waals surface area (Å²) in [6.45, 7) is 3.51. The number of hydrogen-bond donors (Lipinski definition) is 0. The third kappa shape index (κ3) is 20.7. The van der Waals surface area contributed by atoms with Gasteiger partial charge in [0.05, 0.1) is 0 Å². The molecule has 1 aliphatic heterocycles. The van der Waals surface area contributed by atoms with Crippen LogP contribution in [0.15, 0.2) is 0 Å². The number of rotatable bonds is 0. The van der Waals surface area contributed by atoms with Crippen LogP contribution in [0.2, 0.25) is 0 Å². The van der Waals surface area contributed by atoms with E-state index in [4.69, 9.17) is 4.52 Å². The summed E-state index contributed by atoms with van der Waals surface area (Å²) in [5.74, 6) is 0. The molecule has 1 aliphatic rings. The SMILES string of the molecule is C.C.C.C.C.C.C[P@@]1(=O)O[CH-]CCO1.[V]. The van der Waals surface area contributed by atoms with Crippen molar-refractivity contribution in [3.05, 3.63) is 6.61 Å². The first-order chi connectivity index (χ1) is 3.71. The van der Waals surface area contributed by atoms with E-state index in [0.717, 1.165) is 6.42 Å². The van der Waals surface area contributed by atoms with Gasteiger partial charge in [0, 0.05) is 31.8 Å². The van der Waals surface area contributed by atoms with Crippen LogP contribution in [0.4, 0.5) is 0 Å². The standard InChI is InChI=1S/C4H8O3P.6CH4.V/c1-8(5)6-3-2-4-7-8;;;;;;;/h3H,2,4H2,1H3;6*1H4;/q-1;;;;;;;/t8-;;;;;;;/m1......./s1. The minimum Gasteiger partial charge on any atom is -0.486 e. The first-order valence-electron chi connectivity index (χ1n) is 2.43. The normalized spacial score (nSPS) is 21.1. The van der Waals surface area contributed by atoms with Crippen molar-refractivity contribution in [2.75, 3.05) is 13.3 Å². The molecular weight excluding hydrogens is 250 g/mol. The summed E-state index contributed by atoms with van der Waals surface area (Å²) in [5, 5.41) is 0. The second-order valence-corrected chi connectivity index (χ2v) is 3.68. The van der Waals surface area contributed by atoms with Gasteiger partial charge in [-0.05, 0) is 0 Å². The van der Waals surface area contributed by atoms with Crippen molar-refractivity contribution in [1.82, 2.24) is 0 Å². The van der Waals surface area contributed by atoms with Gasteiger partial charge in [-0.1, -0.05) is 44.6 Å². The Morgan fingerprint density at radius 1 is 1.07 bits per heavy atom. The second-order valence-electron chi connectivity index (χ2n) is 1.67. The summed E-state index contributed by atoms with van der Waals surface area (Å²) in [5.41, 5.74) is 0. The Bertz CT molecular complexity index is 122. The van der Waals surface area contributed by atoms with Crippen LogP contribution in [-0.4, -0.2) is 13.3 Å². The Morgan fingerprint density at radius 3 is 1.60 bits per heavy atom. The monoisotopic (exact) mass is 282 g/mol. The van der Waals surface area contributed by atoms with Gasteiger partial charge in [0.15, 0.2) is 0 Å². The molecule has 0 unspecified atom stereocenters. The maximum Gasteiger partial charge on any atom is 0.297 e. The van der Waals surface area contributed by atoms with Gasteiger partial charge in [0.25, 0.3) is 7.60 Å². The molecule has 0 aromatic rings. The van der Waals surface area contributed by atoms with Crippen molar-refractivity contribution >= 4 is 7.60 Å². The molecule has 15 heavy (non-hydrogen) atoms. The minimum atomic E-state index is -2.64. The molecule has 1 rings (SSSR count). The van der Waals surface area contributed by atoms with Gasteiger partial charge in [-0.3, -0.25) is 4.57 Å². The van der Waals surface area contributed by atoms with E-state index in [1.807, 2.05) is 0 Å². The fraction of sp³-hybridized carbons (Fsp3) is 0.900. The van der Waals surface area contributed by atoms with Crippen molar-refractivity contribution in [2.45, 2.75) is 51.0 Å². The van der Waals surface area contributed by atoms with Crippen molar-refractivity contribution < 1.29 is 32.2 Å². The fourth-order valence-corrected chi connectivity index (χ4v) is 1.36. The zero-order valence-electron chi connectivity index (χ0n) is 5.11. The third-order valence-electron chi connectivity index (χ3n) is 0.828. The van der Waals surface area contributed by atoms with Crippen molar-refractivity contribution in [3.8, 4) is 0 Å². The van der Waals surface area contributed by atoms with Crippen LogP contribution in [0.3, 0.4) is 0 Å². The molecule has 1 atom stereocenters. The first-order valence-corrected chi connectivity index (χ1v) is 4.42. The predicted molar refractivity (Wildman–Crippen MR) is 69.9 cm³/mol. The molecular formula is C10H32O3PV-. The van der Waals surface area contributed by atoms with E-state index in [9.17, 15) is 4.57 Å². The van der Waals surface area contributed by atoms with E-state index in [1.165, 1.54) is 13.3 Å². The van der Waals surface area contributed by atoms with Crippen LogP contribution in [0.5, 0.6) is 0 Å². The van der Waals surface area contributed by atoms with Gasteiger partial charge in [-0.25, -0.2) is 0 Å². The third-order valence-corrected chi connectivity index (χ3v) is 2.01. The first kappa shape index (κ1) is 44.8. The van der Waals surface area contributed by atoms with E-state index in [-0.39, 0.29) is 63.1 Å². The molecule has 0 amide bonds. The predicted octanol–water partition coefficient (Wildman–Crippen LogP) is 5.22. The molecule has 0 N–H and O–H groups in total. The molecule has 0 aromatic heterocycles. The zero-order valence-corrected chi connectivity index (χ0v) is 7.40. The Morgan fingerprint density at radius 2 is 1.47 bits per heavy atom. The van der Waals surface area contributed by atoms with Crippen LogP contribution >= 0.6 is 7.60 Å². The molecule has 101 valence electrons. The molecule has 1 saturated heterocycles. The molecule has 0 saturated carbocycles. The van der Waals surface area contributed by atoms with E-state index in [0.29, 0.717) is 6.61 Å². The van der Waals surface area contributed by atoms with E-state index in [1.54, 1.807) is 0 Å². The molecule has 3 nitrogen and oxygen atoms in total. The Labute approximate surface area is 111 Å². The van der Waals surface area contributed by atoms with Gasteiger partial charge in [0.1, 0.15) is 0 Å². The summed E-state index contributed by atoms with van der Waals surface area (Å²) < 4.78 is 20.2.